The predicted molar refractivity (Wildman–Crippen MR) is 179 cm³/mol. The lowest BCUT2D eigenvalue weighted by Gasteiger charge is -2.17. The van der Waals surface area contributed by atoms with E-state index in [-0.39, 0.29) is 11.6 Å². The van der Waals surface area contributed by atoms with Crippen LogP contribution in [0.3, 0.4) is 0 Å². The minimum atomic E-state index is -0.550. The van der Waals surface area contributed by atoms with Gasteiger partial charge in [-0.15, -0.1) is 23.1 Å². The van der Waals surface area contributed by atoms with Gasteiger partial charge in [0.15, 0.2) is 5.13 Å². The number of rotatable bonds is 10. The van der Waals surface area contributed by atoms with Crippen molar-refractivity contribution in [2.75, 3.05) is 10.6 Å². The highest BCUT2D eigenvalue weighted by molar-refractivity contribution is 8.00. The van der Waals surface area contributed by atoms with Gasteiger partial charge in [0.2, 0.25) is 5.91 Å². The van der Waals surface area contributed by atoms with Crippen molar-refractivity contribution in [3.05, 3.63) is 147 Å². The van der Waals surface area contributed by atoms with Crippen molar-refractivity contribution in [3.63, 3.8) is 0 Å². The summed E-state index contributed by atoms with van der Waals surface area (Å²) < 4.78 is 0. The van der Waals surface area contributed by atoms with Gasteiger partial charge >= 0.3 is 0 Å². The lowest BCUT2D eigenvalue weighted by atomic mass is 10.1. The Balaban J connectivity index is 1.34. The molecular weight excluding hydrogens is 635 g/mol. The van der Waals surface area contributed by atoms with Crippen LogP contribution in [-0.2, 0) is 9.59 Å². The Hall–Kier alpha value is -4.41. The zero-order chi connectivity index (χ0) is 30.9. The molecule has 0 spiro atoms. The van der Waals surface area contributed by atoms with E-state index < -0.39 is 17.1 Å². The first-order valence-corrected chi connectivity index (χ1v) is 15.7. The lowest BCUT2D eigenvalue weighted by Crippen LogP contribution is -2.30. The molecule has 0 saturated heterocycles. The highest BCUT2D eigenvalue weighted by Crippen LogP contribution is 2.37. The Kier molecular flexibility index (Phi) is 10.5. The summed E-state index contributed by atoms with van der Waals surface area (Å²) in [6.07, 6.45) is 3.13. The Labute approximate surface area is 272 Å². The van der Waals surface area contributed by atoms with Crippen LogP contribution < -0.4 is 16.0 Å². The van der Waals surface area contributed by atoms with E-state index in [1.54, 1.807) is 72.2 Å². The highest BCUT2D eigenvalue weighted by Gasteiger charge is 2.23. The summed E-state index contributed by atoms with van der Waals surface area (Å²) >= 11 is 15.1. The zero-order valence-corrected chi connectivity index (χ0v) is 26.0. The number of amides is 3. The molecule has 3 amide bonds. The van der Waals surface area contributed by atoms with Gasteiger partial charge in [-0.1, -0.05) is 77.8 Å². The average Bonchev–Trinajstić information content (AvgIpc) is 3.55. The van der Waals surface area contributed by atoms with Crippen LogP contribution in [0.1, 0.15) is 26.7 Å². The normalized spacial score (nSPS) is 11.8. The number of carbonyl (C=O) groups is 3. The maximum absolute atomic E-state index is 13.4. The van der Waals surface area contributed by atoms with Gasteiger partial charge in [0.05, 0.1) is 0 Å². The molecule has 11 heteroatoms. The number of anilines is 2. The molecule has 1 aromatic heterocycles. The highest BCUT2D eigenvalue weighted by atomic mass is 35.5. The summed E-state index contributed by atoms with van der Waals surface area (Å²) in [6, 6.07) is 30.0. The quantitative estimate of drug-likeness (QED) is 0.103. The van der Waals surface area contributed by atoms with Crippen LogP contribution in [0.15, 0.2) is 125 Å². The van der Waals surface area contributed by atoms with E-state index in [2.05, 4.69) is 20.9 Å². The van der Waals surface area contributed by atoms with E-state index in [0.717, 1.165) is 10.5 Å². The molecule has 0 aliphatic carbocycles. The topological polar surface area (TPSA) is 100 Å². The molecule has 1 unspecified atom stereocenters. The molecule has 0 aliphatic rings. The number of nitrogens with zero attached hydrogens (tertiary/aromatic N) is 1. The third kappa shape index (κ3) is 8.36. The van der Waals surface area contributed by atoms with Crippen LogP contribution in [0, 0.1) is 0 Å². The van der Waals surface area contributed by atoms with Crippen molar-refractivity contribution in [2.45, 2.75) is 10.1 Å². The number of hydrogen-bond acceptors (Lipinski definition) is 6. The van der Waals surface area contributed by atoms with Crippen molar-refractivity contribution in [1.82, 2.24) is 10.3 Å². The van der Waals surface area contributed by atoms with Crippen LogP contribution in [0.4, 0.5) is 10.8 Å². The second-order valence-electron chi connectivity index (χ2n) is 9.26. The summed E-state index contributed by atoms with van der Waals surface area (Å²) in [6.45, 7) is 0. The summed E-state index contributed by atoms with van der Waals surface area (Å²) in [5, 5.41) is 11.0. The Morgan fingerprint density at radius 3 is 2.20 bits per heavy atom. The summed E-state index contributed by atoms with van der Waals surface area (Å²) in [5.74, 6) is -1.20. The molecule has 220 valence electrons. The summed E-state index contributed by atoms with van der Waals surface area (Å²) in [7, 11) is 0. The van der Waals surface area contributed by atoms with E-state index in [1.165, 1.54) is 29.2 Å². The van der Waals surface area contributed by atoms with Crippen molar-refractivity contribution in [3.8, 4) is 0 Å². The molecule has 7 nitrogen and oxygen atoms in total. The monoisotopic (exact) mass is 658 g/mol. The maximum Gasteiger partial charge on any atom is 0.272 e. The van der Waals surface area contributed by atoms with E-state index in [9.17, 15) is 14.4 Å². The molecule has 0 aliphatic heterocycles. The second-order valence-corrected chi connectivity index (χ2v) is 12.2. The predicted octanol–water partition coefficient (Wildman–Crippen LogP) is 8.33. The Morgan fingerprint density at radius 1 is 0.841 bits per heavy atom. The average molecular weight is 660 g/mol. The molecule has 0 radical (unpaired) electrons. The number of thioether (sulfide) groups is 1. The van der Waals surface area contributed by atoms with Gasteiger partial charge in [-0.2, -0.15) is 0 Å². The van der Waals surface area contributed by atoms with Gasteiger partial charge in [-0.05, 0) is 65.7 Å². The standard InChI is InChI=1S/C33H24Cl2N4O3S2/c34-24-12-11-23(27(35)20-24)19-28(38-30(40)22-9-5-2-6-10-22)31(41)37-25-13-15-26(16-14-25)44-29(21-7-3-1-4-8-21)32(42)39-33-36-17-18-43-33/h1-20,29H,(H,37,41)(H,38,40)(H,36,39,42)/b28-19-. The van der Waals surface area contributed by atoms with Gasteiger partial charge in [-0.25, -0.2) is 4.98 Å². The first kappa shape index (κ1) is 31.0. The number of aromatic nitrogens is 1. The molecule has 4 aromatic carbocycles. The fourth-order valence-corrected chi connectivity index (χ4v) is 6.04. The van der Waals surface area contributed by atoms with Crippen molar-refractivity contribution in [1.29, 1.82) is 0 Å². The summed E-state index contributed by atoms with van der Waals surface area (Å²) in [5.41, 5.74) is 2.22. The van der Waals surface area contributed by atoms with E-state index in [0.29, 0.717) is 32.0 Å². The second kappa shape index (κ2) is 14.9. The van der Waals surface area contributed by atoms with Gasteiger partial charge < -0.3 is 16.0 Å². The molecule has 5 rings (SSSR count). The lowest BCUT2D eigenvalue weighted by molar-refractivity contribution is -0.116. The van der Waals surface area contributed by atoms with Gasteiger partial charge in [0.1, 0.15) is 10.9 Å². The van der Waals surface area contributed by atoms with E-state index >= 15 is 0 Å². The molecule has 5 aromatic rings. The third-order valence-electron chi connectivity index (χ3n) is 6.16. The van der Waals surface area contributed by atoms with Gasteiger partial charge in [-0.3, -0.25) is 14.4 Å². The van der Waals surface area contributed by atoms with Crippen molar-refractivity contribution in [2.24, 2.45) is 0 Å². The molecule has 3 N–H and O–H groups in total. The largest absolute Gasteiger partial charge is 0.321 e. The number of benzene rings is 4. The zero-order valence-electron chi connectivity index (χ0n) is 22.9. The van der Waals surface area contributed by atoms with Crippen LogP contribution >= 0.6 is 46.3 Å². The van der Waals surface area contributed by atoms with E-state index in [1.807, 2.05) is 42.5 Å². The summed E-state index contributed by atoms with van der Waals surface area (Å²) in [4.78, 5) is 44.5. The Bertz CT molecular complexity index is 1780. The van der Waals surface area contributed by atoms with Crippen LogP contribution in [0.25, 0.3) is 6.08 Å². The van der Waals surface area contributed by atoms with Crippen molar-refractivity contribution < 1.29 is 14.4 Å². The maximum atomic E-state index is 13.4. The molecule has 0 bridgehead atoms. The van der Waals surface area contributed by atoms with Gasteiger partial charge in [0, 0.05) is 37.8 Å². The number of halogens is 2. The number of nitrogens with one attached hydrogen (secondary N) is 3. The molecular formula is C33H24Cl2N4O3S2. The minimum absolute atomic E-state index is 0.00970. The van der Waals surface area contributed by atoms with E-state index in [4.69, 9.17) is 23.2 Å². The minimum Gasteiger partial charge on any atom is -0.321 e. The number of thiazole rings is 1. The molecule has 1 atom stereocenters. The Morgan fingerprint density at radius 2 is 1.55 bits per heavy atom. The number of hydrogen-bond donors (Lipinski definition) is 3. The third-order valence-corrected chi connectivity index (χ3v) is 8.68. The molecule has 44 heavy (non-hydrogen) atoms. The smallest absolute Gasteiger partial charge is 0.272 e. The molecule has 0 fully saturated rings. The molecule has 0 saturated carbocycles. The van der Waals surface area contributed by atoms with Gasteiger partial charge in [0.25, 0.3) is 11.8 Å². The SMILES string of the molecule is O=C(Nc1ccc(SC(C(=O)Nc2nccs2)c2ccccc2)cc1)/C(=C/c1ccc(Cl)cc1Cl)NC(=O)c1ccccc1. The van der Waals surface area contributed by atoms with Crippen LogP contribution in [0.2, 0.25) is 10.0 Å². The van der Waals surface area contributed by atoms with Crippen LogP contribution in [-0.4, -0.2) is 22.7 Å². The molecule has 1 heterocycles. The first-order valence-electron chi connectivity index (χ1n) is 13.2. The van der Waals surface area contributed by atoms with Crippen molar-refractivity contribution >= 4 is 80.9 Å². The number of carbonyl (C=O) groups excluding carboxylic acids is 3. The fourth-order valence-electron chi connectivity index (χ4n) is 4.02. The first-order chi connectivity index (χ1) is 21.4. The van der Waals surface area contributed by atoms with Crippen LogP contribution in [0.5, 0.6) is 0 Å². The fraction of sp³-hybridized carbons (Fsp3) is 0.0303.